The van der Waals surface area contributed by atoms with E-state index in [4.69, 9.17) is 27.3 Å². The Hall–Kier alpha value is 0.920. The van der Waals surface area contributed by atoms with Crippen molar-refractivity contribution < 1.29 is 65.2 Å². The van der Waals surface area contributed by atoms with Crippen LogP contribution in [-0.4, -0.2) is 65.2 Å². The first kappa shape index (κ1) is 35.1. The fourth-order valence-electron chi connectivity index (χ4n) is 0. The van der Waals surface area contributed by atoms with Crippen molar-refractivity contribution >= 4 is 77.6 Å². The van der Waals surface area contributed by atoms with E-state index in [9.17, 15) is 37.9 Å². The Bertz CT molecular complexity index is 591. The van der Waals surface area contributed by atoms with Gasteiger partial charge in [0.05, 0.1) is 0 Å². The molecule has 0 aromatic heterocycles. The Labute approximate surface area is 142 Å². The molecule has 148 valence electrons. The van der Waals surface area contributed by atoms with E-state index in [1.807, 2.05) is 0 Å². The molecule has 0 heterocycles. The van der Waals surface area contributed by atoms with Gasteiger partial charge in [0, 0.05) is 0 Å². The average molecular weight is 506 g/mol. The zero-order valence-corrected chi connectivity index (χ0v) is 17.9. The van der Waals surface area contributed by atoms with Crippen LogP contribution in [0.5, 0.6) is 0 Å². The Morgan fingerprint density at radius 2 is 0.522 bits per heavy atom. The smallest absolute Gasteiger partial charge is 0.292 e. The van der Waals surface area contributed by atoms with Gasteiger partial charge in [0.25, 0.3) is 0 Å². The van der Waals surface area contributed by atoms with E-state index in [1.165, 1.54) is 0 Å². The van der Waals surface area contributed by atoms with Gasteiger partial charge in [0.15, 0.2) is 0 Å². The maximum atomic E-state index is 9.34. The summed E-state index contributed by atoms with van der Waals surface area (Å²) in [6.45, 7) is 0. The van der Waals surface area contributed by atoms with Crippen molar-refractivity contribution in [1.29, 1.82) is 0 Å². The van der Waals surface area contributed by atoms with E-state index in [0.29, 0.717) is 0 Å². The third-order valence-electron chi connectivity index (χ3n) is 0.541. The van der Waals surface area contributed by atoms with Gasteiger partial charge in [-0.25, -0.2) is 12.6 Å². The summed E-state index contributed by atoms with van der Waals surface area (Å²) in [6.07, 6.45) is 0. The summed E-state index contributed by atoms with van der Waals surface area (Å²) in [5, 5.41) is 0. The second-order valence-corrected chi connectivity index (χ2v) is 12.2. The highest BCUT2D eigenvalue weighted by Gasteiger charge is 2.11. The lowest BCUT2D eigenvalue weighted by Crippen LogP contribution is -2.03. The molecule has 0 bridgehead atoms. The van der Waals surface area contributed by atoms with Crippen LogP contribution >= 0.6 is 19.8 Å². The summed E-state index contributed by atoms with van der Waals surface area (Å²) in [5.41, 5.74) is 0. The predicted octanol–water partition coefficient (Wildman–Crippen LogP) is -2.85. The van der Waals surface area contributed by atoms with Crippen LogP contribution in [0.2, 0.25) is 0 Å². The van der Waals surface area contributed by atoms with E-state index in [1.54, 1.807) is 0 Å². The molecule has 0 rings (SSSR count). The Kier molecular flexibility index (Phi) is 21.6. The standard InChI is InChI=1S/3H2O5S2.2H3P/c3*1-6(2)7(3,4)5;;/h3*(H,1,2)(H,3,4,5);2*1H3. The maximum Gasteiger partial charge on any atom is 0.373 e. The summed E-state index contributed by atoms with van der Waals surface area (Å²) in [4.78, 5) is 0. The topological polar surface area (TPSA) is 275 Å². The summed E-state index contributed by atoms with van der Waals surface area (Å²) < 4.78 is 129. The Morgan fingerprint density at radius 1 is 0.478 bits per heavy atom. The second-order valence-electron chi connectivity index (χ2n) is 1.93. The molecule has 0 spiro atoms. The van der Waals surface area contributed by atoms with Crippen molar-refractivity contribution in [1.82, 2.24) is 0 Å². The fraction of sp³-hybridized carbons (Fsp3) is 0. The van der Waals surface area contributed by atoms with E-state index in [2.05, 4.69) is 0 Å². The normalized spacial score (nSPS) is 14.9. The lowest BCUT2D eigenvalue weighted by Gasteiger charge is -1.80. The van der Waals surface area contributed by atoms with Gasteiger partial charge in [-0.1, -0.05) is 0 Å². The zero-order valence-electron chi connectivity index (χ0n) is 10.2. The van der Waals surface area contributed by atoms with Crippen molar-refractivity contribution in [3.63, 3.8) is 0 Å². The first-order valence-corrected chi connectivity index (χ1v) is 12.3. The van der Waals surface area contributed by atoms with Crippen LogP contribution in [0.4, 0.5) is 0 Å². The van der Waals surface area contributed by atoms with Crippen molar-refractivity contribution in [2.45, 2.75) is 0 Å². The number of hydrogen-bond acceptors (Lipinski definition) is 9. The molecule has 5 atom stereocenters. The summed E-state index contributed by atoms with van der Waals surface area (Å²) in [5.74, 6) is 0. The SMILES string of the molecule is O=S(O)S(=O)(=O)O.O=S(O)S(=O)(=O)O.O=S(O)S(=O)(=O)O.P.P. The number of rotatable bonds is 3. The van der Waals surface area contributed by atoms with Gasteiger partial charge < -0.3 is 0 Å². The fourth-order valence-corrected chi connectivity index (χ4v) is 0. The molecule has 15 nitrogen and oxygen atoms in total. The molecule has 0 amide bonds. The van der Waals surface area contributed by atoms with Crippen LogP contribution in [0.25, 0.3) is 0 Å². The minimum Gasteiger partial charge on any atom is -0.292 e. The third kappa shape index (κ3) is 28.0. The van der Waals surface area contributed by atoms with Crippen LogP contribution in [0, 0.1) is 0 Å². The molecule has 0 aromatic carbocycles. The number of hydrogen-bond donors (Lipinski definition) is 6. The van der Waals surface area contributed by atoms with Crippen LogP contribution < -0.4 is 0 Å². The van der Waals surface area contributed by atoms with E-state index in [0.717, 1.165) is 0 Å². The zero-order chi connectivity index (χ0) is 18.2. The minimum atomic E-state index is -4.71. The van der Waals surface area contributed by atoms with Crippen LogP contribution in [-0.2, 0) is 57.8 Å². The van der Waals surface area contributed by atoms with Gasteiger partial charge in [0.1, 0.15) is 0 Å². The molecule has 0 saturated carbocycles. The van der Waals surface area contributed by atoms with Gasteiger partial charge in [-0.05, 0) is 0 Å². The summed E-state index contributed by atoms with van der Waals surface area (Å²) in [7, 11) is -23.6. The van der Waals surface area contributed by atoms with E-state index < -0.39 is 57.8 Å². The van der Waals surface area contributed by atoms with Crippen LogP contribution in [0.15, 0.2) is 0 Å². The molecule has 0 radical (unpaired) electrons. The van der Waals surface area contributed by atoms with E-state index >= 15 is 0 Å². The van der Waals surface area contributed by atoms with Gasteiger partial charge >= 0.3 is 57.8 Å². The quantitative estimate of drug-likeness (QED) is 0.0972. The minimum absolute atomic E-state index is 0. The highest BCUT2D eigenvalue weighted by molar-refractivity contribution is 8.60. The molecule has 0 fully saturated rings. The second kappa shape index (κ2) is 14.1. The Morgan fingerprint density at radius 3 is 0.522 bits per heavy atom. The van der Waals surface area contributed by atoms with Crippen LogP contribution in [0.3, 0.4) is 0 Å². The highest BCUT2D eigenvalue weighted by Crippen LogP contribution is 1.84. The Balaban J connectivity index is -0.0000000675. The van der Waals surface area contributed by atoms with Gasteiger partial charge in [-0.15, -0.1) is 0 Å². The van der Waals surface area contributed by atoms with Gasteiger partial charge in [-0.2, -0.15) is 45.1 Å². The average Bonchev–Trinajstić information content (AvgIpc) is 2.14. The molecule has 0 aliphatic heterocycles. The summed E-state index contributed by atoms with van der Waals surface area (Å²) >= 11 is 0. The lowest BCUT2D eigenvalue weighted by atomic mass is 15.9. The van der Waals surface area contributed by atoms with Crippen molar-refractivity contribution in [2.75, 3.05) is 0 Å². The summed E-state index contributed by atoms with van der Waals surface area (Å²) in [6, 6.07) is 0. The first-order chi connectivity index (χ1) is 8.83. The molecular weight excluding hydrogens is 494 g/mol. The van der Waals surface area contributed by atoms with Gasteiger partial charge in [-0.3, -0.25) is 27.3 Å². The molecule has 5 unspecified atom stereocenters. The molecular formula is H12O15P2S6. The van der Waals surface area contributed by atoms with Gasteiger partial charge in [0.2, 0.25) is 0 Å². The third-order valence-corrected chi connectivity index (χ3v) is 4.86. The molecule has 0 aromatic rings. The molecule has 0 saturated heterocycles. The molecule has 0 aliphatic rings. The monoisotopic (exact) mass is 506 g/mol. The van der Waals surface area contributed by atoms with Crippen molar-refractivity contribution in [3.05, 3.63) is 0 Å². The predicted molar refractivity (Wildman–Crippen MR) is 89.2 cm³/mol. The molecule has 6 N–H and O–H groups in total. The lowest BCUT2D eigenvalue weighted by molar-refractivity contribution is 0.487. The largest absolute Gasteiger partial charge is 0.373 e. The first-order valence-electron chi connectivity index (χ1n) is 3.10. The maximum absolute atomic E-state index is 9.34. The van der Waals surface area contributed by atoms with Crippen molar-refractivity contribution in [3.8, 4) is 0 Å². The molecule has 23 heavy (non-hydrogen) atoms. The van der Waals surface area contributed by atoms with Crippen molar-refractivity contribution in [2.24, 2.45) is 0 Å². The van der Waals surface area contributed by atoms with E-state index in [-0.39, 0.29) is 19.8 Å². The molecule has 23 heteroatoms. The molecule has 0 aliphatic carbocycles. The highest BCUT2D eigenvalue weighted by atomic mass is 33.2. The van der Waals surface area contributed by atoms with Crippen LogP contribution in [0.1, 0.15) is 0 Å².